The van der Waals surface area contributed by atoms with Gasteiger partial charge in [-0.15, -0.1) is 0 Å². The summed E-state index contributed by atoms with van der Waals surface area (Å²) in [6, 6.07) is 6.32. The summed E-state index contributed by atoms with van der Waals surface area (Å²) in [4.78, 5) is 0. The molecule has 0 fully saturated rings. The molecule has 1 aromatic carbocycles. The fourth-order valence-corrected chi connectivity index (χ4v) is 1.76. The van der Waals surface area contributed by atoms with Crippen LogP contribution in [0.15, 0.2) is 30.5 Å². The number of aromatic nitrogens is 2. The van der Waals surface area contributed by atoms with Crippen LogP contribution in [0.1, 0.15) is 12.5 Å². The maximum Gasteiger partial charge on any atom is 0.271 e. The van der Waals surface area contributed by atoms with Crippen LogP contribution in [0.3, 0.4) is 0 Å². The molecule has 0 unspecified atom stereocenters. The summed E-state index contributed by atoms with van der Waals surface area (Å²) in [5, 5.41) is 3.96. The molecular formula is C12H13F2N3. The minimum absolute atomic E-state index is 0.0419. The molecule has 0 spiro atoms. The van der Waals surface area contributed by atoms with Gasteiger partial charge in [0.15, 0.2) is 0 Å². The van der Waals surface area contributed by atoms with Crippen molar-refractivity contribution in [1.29, 1.82) is 0 Å². The van der Waals surface area contributed by atoms with Crippen LogP contribution in [0, 0.1) is 0 Å². The predicted octanol–water partition coefficient (Wildman–Crippen LogP) is 2.78. The highest BCUT2D eigenvalue weighted by Gasteiger charge is 2.28. The molecule has 0 amide bonds. The van der Waals surface area contributed by atoms with E-state index >= 15 is 0 Å². The first-order chi connectivity index (χ1) is 7.91. The number of nitrogens with zero attached hydrogens (tertiary/aromatic N) is 2. The van der Waals surface area contributed by atoms with Gasteiger partial charge in [0.05, 0.1) is 6.20 Å². The number of benzene rings is 1. The Labute approximate surface area is 97.9 Å². The normalized spacial score (nSPS) is 11.8. The summed E-state index contributed by atoms with van der Waals surface area (Å²) < 4.78 is 28.4. The van der Waals surface area contributed by atoms with Gasteiger partial charge in [-0.1, -0.05) is 24.3 Å². The predicted molar refractivity (Wildman–Crippen MR) is 62.6 cm³/mol. The summed E-state index contributed by atoms with van der Waals surface area (Å²) in [6.07, 6.45) is 1.50. The molecule has 2 N–H and O–H groups in total. The summed E-state index contributed by atoms with van der Waals surface area (Å²) in [6.45, 7) is 0.873. The van der Waals surface area contributed by atoms with Crippen molar-refractivity contribution in [2.24, 2.45) is 7.05 Å². The van der Waals surface area contributed by atoms with Gasteiger partial charge in [-0.25, -0.2) is 8.78 Å². The summed E-state index contributed by atoms with van der Waals surface area (Å²) in [7, 11) is 1.67. The van der Waals surface area contributed by atoms with Gasteiger partial charge in [-0.2, -0.15) is 5.10 Å². The molecule has 90 valence electrons. The first-order valence-electron chi connectivity index (χ1n) is 5.16. The highest BCUT2D eigenvalue weighted by Crippen LogP contribution is 2.37. The molecule has 0 atom stereocenters. The lowest BCUT2D eigenvalue weighted by Crippen LogP contribution is -2.09. The van der Waals surface area contributed by atoms with Crippen molar-refractivity contribution in [1.82, 2.24) is 9.78 Å². The zero-order valence-corrected chi connectivity index (χ0v) is 9.61. The second-order valence-electron chi connectivity index (χ2n) is 4.00. The number of aryl methyl sites for hydroxylation is 1. The topological polar surface area (TPSA) is 43.8 Å². The van der Waals surface area contributed by atoms with Crippen molar-refractivity contribution in [2.75, 3.05) is 5.73 Å². The van der Waals surface area contributed by atoms with Crippen LogP contribution >= 0.6 is 0 Å². The number of nitrogens with two attached hydrogens (primary N) is 1. The van der Waals surface area contributed by atoms with E-state index in [0.717, 1.165) is 6.92 Å². The van der Waals surface area contributed by atoms with E-state index in [-0.39, 0.29) is 5.56 Å². The van der Waals surface area contributed by atoms with Crippen LogP contribution in [-0.2, 0) is 13.0 Å². The van der Waals surface area contributed by atoms with E-state index in [4.69, 9.17) is 5.73 Å². The molecule has 1 aromatic heterocycles. The second-order valence-corrected chi connectivity index (χ2v) is 4.00. The van der Waals surface area contributed by atoms with E-state index in [1.807, 2.05) is 0 Å². The minimum atomic E-state index is -2.90. The van der Waals surface area contributed by atoms with E-state index in [0.29, 0.717) is 16.9 Å². The zero-order chi connectivity index (χ0) is 12.6. The number of anilines is 1. The standard InChI is InChI=1S/C12H13F2N3/c1-12(13,14)10-6-4-3-5-8(10)9-7-16-17(2)11(9)15/h3-7H,15H2,1-2H3. The van der Waals surface area contributed by atoms with Crippen molar-refractivity contribution in [3.63, 3.8) is 0 Å². The molecule has 5 heteroatoms. The fraction of sp³-hybridized carbons (Fsp3) is 0.250. The van der Waals surface area contributed by atoms with E-state index in [2.05, 4.69) is 5.10 Å². The van der Waals surface area contributed by atoms with Crippen LogP contribution in [0.2, 0.25) is 0 Å². The Morgan fingerprint density at radius 1 is 1.24 bits per heavy atom. The molecule has 0 radical (unpaired) electrons. The Morgan fingerprint density at radius 3 is 2.41 bits per heavy atom. The summed E-state index contributed by atoms with van der Waals surface area (Å²) in [5.74, 6) is -2.53. The molecule has 1 heterocycles. The molecule has 0 saturated heterocycles. The fourth-order valence-electron chi connectivity index (χ4n) is 1.76. The first kappa shape index (κ1) is 11.6. The van der Waals surface area contributed by atoms with Gasteiger partial charge < -0.3 is 5.73 Å². The van der Waals surface area contributed by atoms with Crippen LogP contribution < -0.4 is 5.73 Å². The largest absolute Gasteiger partial charge is 0.383 e. The third-order valence-electron chi connectivity index (χ3n) is 2.67. The number of alkyl halides is 2. The van der Waals surface area contributed by atoms with E-state index in [1.165, 1.54) is 16.9 Å². The van der Waals surface area contributed by atoms with Crippen LogP contribution in [0.5, 0.6) is 0 Å². The lowest BCUT2D eigenvalue weighted by Gasteiger charge is -2.15. The van der Waals surface area contributed by atoms with Crippen molar-refractivity contribution >= 4 is 5.82 Å². The highest BCUT2D eigenvalue weighted by atomic mass is 19.3. The number of nitrogen functional groups attached to an aromatic ring is 1. The van der Waals surface area contributed by atoms with Crippen LogP contribution in [0.4, 0.5) is 14.6 Å². The average molecular weight is 237 g/mol. The molecule has 3 nitrogen and oxygen atoms in total. The van der Waals surface area contributed by atoms with Gasteiger partial charge in [0, 0.05) is 25.1 Å². The van der Waals surface area contributed by atoms with Crippen molar-refractivity contribution in [3.05, 3.63) is 36.0 Å². The van der Waals surface area contributed by atoms with Crippen molar-refractivity contribution in [3.8, 4) is 11.1 Å². The van der Waals surface area contributed by atoms with Crippen molar-refractivity contribution in [2.45, 2.75) is 12.8 Å². The molecule has 0 bridgehead atoms. The Kier molecular flexibility index (Phi) is 2.61. The number of hydrogen-bond donors (Lipinski definition) is 1. The molecule has 0 aliphatic heterocycles. The average Bonchev–Trinajstić information content (AvgIpc) is 2.59. The maximum absolute atomic E-state index is 13.5. The minimum Gasteiger partial charge on any atom is -0.383 e. The van der Waals surface area contributed by atoms with Gasteiger partial charge in [-0.05, 0) is 5.56 Å². The molecule has 0 aliphatic carbocycles. The van der Waals surface area contributed by atoms with E-state index < -0.39 is 5.92 Å². The lowest BCUT2D eigenvalue weighted by molar-refractivity contribution is 0.0181. The number of halogens is 2. The van der Waals surface area contributed by atoms with E-state index in [9.17, 15) is 8.78 Å². The van der Waals surface area contributed by atoms with Crippen LogP contribution in [0.25, 0.3) is 11.1 Å². The first-order valence-corrected chi connectivity index (χ1v) is 5.16. The zero-order valence-electron chi connectivity index (χ0n) is 9.61. The molecule has 2 aromatic rings. The molecule has 0 aliphatic rings. The van der Waals surface area contributed by atoms with Crippen LogP contribution in [-0.4, -0.2) is 9.78 Å². The van der Waals surface area contributed by atoms with Gasteiger partial charge in [-0.3, -0.25) is 4.68 Å². The Balaban J connectivity index is 2.64. The monoisotopic (exact) mass is 237 g/mol. The number of hydrogen-bond acceptors (Lipinski definition) is 2. The van der Waals surface area contributed by atoms with Gasteiger partial charge in [0.1, 0.15) is 5.82 Å². The Morgan fingerprint density at radius 2 is 1.88 bits per heavy atom. The highest BCUT2D eigenvalue weighted by molar-refractivity contribution is 5.76. The van der Waals surface area contributed by atoms with E-state index in [1.54, 1.807) is 25.2 Å². The van der Waals surface area contributed by atoms with Gasteiger partial charge in [0.25, 0.3) is 5.92 Å². The third-order valence-corrected chi connectivity index (χ3v) is 2.67. The SMILES string of the molecule is Cn1ncc(-c2ccccc2C(C)(F)F)c1N. The second kappa shape index (κ2) is 3.84. The van der Waals surface area contributed by atoms with Gasteiger partial charge in [0.2, 0.25) is 0 Å². The Bertz CT molecular complexity index is 541. The van der Waals surface area contributed by atoms with Gasteiger partial charge >= 0.3 is 0 Å². The number of rotatable bonds is 2. The smallest absolute Gasteiger partial charge is 0.271 e. The molecule has 2 rings (SSSR count). The summed E-state index contributed by atoms with van der Waals surface area (Å²) >= 11 is 0. The Hall–Kier alpha value is -1.91. The quantitative estimate of drug-likeness (QED) is 0.872. The lowest BCUT2D eigenvalue weighted by atomic mass is 9.98. The maximum atomic E-state index is 13.5. The van der Waals surface area contributed by atoms with Crippen molar-refractivity contribution < 1.29 is 8.78 Å². The summed E-state index contributed by atoms with van der Waals surface area (Å²) in [5.41, 5.74) is 6.71. The molecule has 17 heavy (non-hydrogen) atoms. The third kappa shape index (κ3) is 2.00. The molecular weight excluding hydrogens is 224 g/mol. The molecule has 0 saturated carbocycles.